The van der Waals surface area contributed by atoms with E-state index in [1.165, 1.54) is 6.26 Å². The summed E-state index contributed by atoms with van der Waals surface area (Å²) >= 11 is 1.01. The predicted octanol–water partition coefficient (Wildman–Crippen LogP) is 2.91. The lowest BCUT2D eigenvalue weighted by molar-refractivity contribution is 0.0701. The number of aliphatic hydroxyl groups excluding tert-OH is 1. The van der Waals surface area contributed by atoms with Gasteiger partial charge in [0, 0.05) is 38.6 Å². The third-order valence-corrected chi connectivity index (χ3v) is 8.13. The van der Waals surface area contributed by atoms with Gasteiger partial charge in [0.05, 0.1) is 10.6 Å². The lowest BCUT2D eigenvalue weighted by Crippen LogP contribution is -2.35. The maximum atomic E-state index is 11.7. The largest absolute Gasteiger partial charge is 0.477 e. The molecular formula is C23H28N6O5S2. The summed E-state index contributed by atoms with van der Waals surface area (Å²) in [6.07, 6.45) is 2.88. The molecule has 1 aliphatic heterocycles. The standard InChI is InChI=1S/C23H28N6O5S2/c1-14-20(21(31)32)35-23(25-14)28-22-26-18(11-19(27-22)29-9-7-16(13-30)8-10-29)24-12-15-3-5-17(6-4-15)36(2,33)34/h3-6,11,16,30H,7-10,12-13H2,1-2H3,(H,31,32)(H2,24,25,26,27,28). The van der Waals surface area contributed by atoms with E-state index in [0.717, 1.165) is 42.8 Å². The summed E-state index contributed by atoms with van der Waals surface area (Å²) in [5.41, 5.74) is 1.29. The second-order valence-corrected chi connectivity index (χ2v) is 11.7. The highest BCUT2D eigenvalue weighted by atomic mass is 32.2. The Kier molecular flexibility index (Phi) is 7.71. The summed E-state index contributed by atoms with van der Waals surface area (Å²) < 4.78 is 23.4. The summed E-state index contributed by atoms with van der Waals surface area (Å²) in [6.45, 7) is 3.70. The molecule has 0 radical (unpaired) electrons. The first kappa shape index (κ1) is 25.8. The van der Waals surface area contributed by atoms with Crippen molar-refractivity contribution in [2.75, 3.05) is 41.5 Å². The van der Waals surface area contributed by atoms with E-state index in [0.29, 0.717) is 29.0 Å². The third-order valence-electron chi connectivity index (χ3n) is 5.94. The highest BCUT2D eigenvalue weighted by Crippen LogP contribution is 2.28. The number of benzene rings is 1. The van der Waals surface area contributed by atoms with Crippen molar-refractivity contribution in [1.29, 1.82) is 0 Å². The zero-order valence-electron chi connectivity index (χ0n) is 19.9. The number of rotatable bonds is 9. The number of nitrogens with one attached hydrogen (secondary N) is 2. The summed E-state index contributed by atoms with van der Waals surface area (Å²) in [6, 6.07) is 8.47. The van der Waals surface area contributed by atoms with E-state index in [-0.39, 0.29) is 28.2 Å². The fraction of sp³-hybridized carbons (Fsp3) is 0.391. The Morgan fingerprint density at radius 3 is 2.44 bits per heavy atom. The molecule has 3 aromatic rings. The van der Waals surface area contributed by atoms with Crippen molar-refractivity contribution in [3.05, 3.63) is 46.5 Å². The fourth-order valence-electron chi connectivity index (χ4n) is 3.88. The van der Waals surface area contributed by atoms with Crippen molar-refractivity contribution in [3.63, 3.8) is 0 Å². The minimum atomic E-state index is -3.27. The quantitative estimate of drug-likeness (QED) is 0.321. The zero-order valence-corrected chi connectivity index (χ0v) is 21.6. The first-order valence-corrected chi connectivity index (χ1v) is 14.1. The number of sulfone groups is 1. The van der Waals surface area contributed by atoms with Gasteiger partial charge in [0.1, 0.15) is 16.5 Å². The van der Waals surface area contributed by atoms with E-state index in [4.69, 9.17) is 0 Å². The van der Waals surface area contributed by atoms with Gasteiger partial charge in [0.15, 0.2) is 15.0 Å². The molecule has 0 amide bonds. The van der Waals surface area contributed by atoms with E-state index in [9.17, 15) is 23.4 Å². The Hall–Kier alpha value is -3.29. The molecule has 11 nitrogen and oxygen atoms in total. The molecule has 1 fully saturated rings. The van der Waals surface area contributed by atoms with Crippen LogP contribution in [0.4, 0.5) is 22.7 Å². The first-order chi connectivity index (χ1) is 17.1. The number of aromatic nitrogens is 3. The third kappa shape index (κ3) is 6.28. The van der Waals surface area contributed by atoms with Crippen molar-refractivity contribution >= 4 is 49.9 Å². The molecule has 0 unspecified atom stereocenters. The van der Waals surface area contributed by atoms with Gasteiger partial charge < -0.3 is 20.4 Å². The Morgan fingerprint density at radius 1 is 1.17 bits per heavy atom. The van der Waals surface area contributed by atoms with Gasteiger partial charge in [-0.1, -0.05) is 23.5 Å². The van der Waals surface area contributed by atoms with E-state index in [1.54, 1.807) is 31.2 Å². The summed E-state index contributed by atoms with van der Waals surface area (Å²) in [5.74, 6) is 0.762. The topological polar surface area (TPSA) is 158 Å². The van der Waals surface area contributed by atoms with E-state index in [1.807, 2.05) is 6.07 Å². The Morgan fingerprint density at radius 2 is 1.86 bits per heavy atom. The van der Waals surface area contributed by atoms with Gasteiger partial charge in [0.25, 0.3) is 0 Å². The first-order valence-electron chi connectivity index (χ1n) is 11.4. The van der Waals surface area contributed by atoms with Gasteiger partial charge in [-0.2, -0.15) is 9.97 Å². The van der Waals surface area contributed by atoms with Gasteiger partial charge in [0.2, 0.25) is 5.95 Å². The maximum absolute atomic E-state index is 11.7. The molecule has 192 valence electrons. The molecule has 13 heteroatoms. The summed E-state index contributed by atoms with van der Waals surface area (Å²) in [5, 5.41) is 25.5. The molecule has 36 heavy (non-hydrogen) atoms. The average Bonchev–Trinajstić information content (AvgIpc) is 3.22. The number of carboxylic acid groups (broad SMARTS) is 1. The van der Waals surface area contributed by atoms with Crippen molar-refractivity contribution in [1.82, 2.24) is 15.0 Å². The number of thiazole rings is 1. The molecule has 0 bridgehead atoms. The van der Waals surface area contributed by atoms with Crippen LogP contribution in [-0.4, -0.2) is 65.5 Å². The fourth-order valence-corrected chi connectivity index (χ4v) is 5.31. The molecule has 2 aromatic heterocycles. The van der Waals surface area contributed by atoms with Crippen LogP contribution in [0.5, 0.6) is 0 Å². The van der Waals surface area contributed by atoms with Crippen molar-refractivity contribution < 1.29 is 23.4 Å². The second kappa shape index (κ2) is 10.8. The summed E-state index contributed by atoms with van der Waals surface area (Å²) in [4.78, 5) is 27.4. The molecule has 0 atom stereocenters. The SMILES string of the molecule is Cc1nc(Nc2nc(NCc3ccc(S(C)(=O)=O)cc3)cc(N3CCC(CO)CC3)n2)sc1C(=O)O. The molecule has 1 aliphatic rings. The van der Waals surface area contributed by atoms with Crippen LogP contribution in [-0.2, 0) is 16.4 Å². The Balaban J connectivity index is 1.56. The molecule has 0 spiro atoms. The molecule has 1 aromatic carbocycles. The molecular weight excluding hydrogens is 504 g/mol. The number of carboxylic acids is 1. The van der Waals surface area contributed by atoms with E-state index < -0.39 is 15.8 Å². The van der Waals surface area contributed by atoms with Crippen LogP contribution in [0.3, 0.4) is 0 Å². The monoisotopic (exact) mass is 532 g/mol. The van der Waals surface area contributed by atoms with Gasteiger partial charge in [-0.15, -0.1) is 0 Å². The van der Waals surface area contributed by atoms with Crippen molar-refractivity contribution in [2.24, 2.45) is 5.92 Å². The van der Waals surface area contributed by atoms with Crippen LogP contribution in [0.1, 0.15) is 33.8 Å². The number of nitrogens with zero attached hydrogens (tertiary/aromatic N) is 4. The molecule has 4 N–H and O–H groups in total. The Labute approximate surface area is 213 Å². The van der Waals surface area contributed by atoms with Crippen LogP contribution in [0, 0.1) is 12.8 Å². The zero-order chi connectivity index (χ0) is 25.9. The number of aryl methyl sites for hydroxylation is 1. The maximum Gasteiger partial charge on any atom is 0.347 e. The minimum absolute atomic E-state index is 0.149. The number of piperidine rings is 1. The smallest absolute Gasteiger partial charge is 0.347 e. The molecule has 1 saturated heterocycles. The van der Waals surface area contributed by atoms with Crippen LogP contribution < -0.4 is 15.5 Å². The number of carbonyl (C=O) groups is 1. The normalized spacial score (nSPS) is 14.6. The number of anilines is 4. The number of aromatic carboxylic acids is 1. The van der Waals surface area contributed by atoms with Crippen LogP contribution in [0.15, 0.2) is 35.2 Å². The lowest BCUT2D eigenvalue weighted by Gasteiger charge is -2.32. The van der Waals surface area contributed by atoms with Crippen LogP contribution in [0.25, 0.3) is 0 Å². The minimum Gasteiger partial charge on any atom is -0.477 e. The van der Waals surface area contributed by atoms with E-state index >= 15 is 0 Å². The molecule has 0 saturated carbocycles. The number of hydrogen-bond donors (Lipinski definition) is 4. The number of aliphatic hydroxyl groups is 1. The predicted molar refractivity (Wildman–Crippen MR) is 138 cm³/mol. The Bertz CT molecular complexity index is 1340. The lowest BCUT2D eigenvalue weighted by atomic mass is 9.98. The number of hydrogen-bond acceptors (Lipinski definition) is 11. The molecule has 4 rings (SSSR count). The van der Waals surface area contributed by atoms with Gasteiger partial charge in [-0.3, -0.25) is 5.32 Å². The van der Waals surface area contributed by atoms with Gasteiger partial charge >= 0.3 is 5.97 Å². The summed E-state index contributed by atoms with van der Waals surface area (Å²) in [7, 11) is -3.27. The molecule has 3 heterocycles. The van der Waals surface area contributed by atoms with Gasteiger partial charge in [-0.05, 0) is 43.4 Å². The second-order valence-electron chi connectivity index (χ2n) is 8.68. The highest BCUT2D eigenvalue weighted by molar-refractivity contribution is 7.90. The van der Waals surface area contributed by atoms with Crippen molar-refractivity contribution in [3.8, 4) is 0 Å². The van der Waals surface area contributed by atoms with Crippen LogP contribution in [0.2, 0.25) is 0 Å². The molecule has 0 aliphatic carbocycles. The van der Waals surface area contributed by atoms with Gasteiger partial charge in [-0.25, -0.2) is 18.2 Å². The average molecular weight is 533 g/mol. The van der Waals surface area contributed by atoms with Crippen LogP contribution >= 0.6 is 11.3 Å². The van der Waals surface area contributed by atoms with Crippen molar-refractivity contribution in [2.45, 2.75) is 31.2 Å². The highest BCUT2D eigenvalue weighted by Gasteiger charge is 2.21. The van der Waals surface area contributed by atoms with E-state index in [2.05, 4.69) is 30.5 Å².